The highest BCUT2D eigenvalue weighted by Gasteiger charge is 2.37. The van der Waals surface area contributed by atoms with Crippen molar-refractivity contribution in [3.63, 3.8) is 0 Å². The van der Waals surface area contributed by atoms with Crippen LogP contribution in [0.25, 0.3) is 22.3 Å². The summed E-state index contributed by atoms with van der Waals surface area (Å²) in [4.78, 5) is 19.4. The molecule has 0 fully saturated rings. The molecule has 2 aromatic heterocycles. The number of hydrogen-bond donors (Lipinski definition) is 3. The van der Waals surface area contributed by atoms with Crippen molar-refractivity contribution in [3.05, 3.63) is 94.9 Å². The van der Waals surface area contributed by atoms with E-state index in [0.29, 0.717) is 41.3 Å². The lowest BCUT2D eigenvalue weighted by molar-refractivity contribution is -0.141. The smallest absolute Gasteiger partial charge is 0.306 e. The summed E-state index contributed by atoms with van der Waals surface area (Å²) < 4.78 is 65.9. The highest BCUT2D eigenvalue weighted by molar-refractivity contribution is 7.91. The van der Waals surface area contributed by atoms with Gasteiger partial charge in [0.05, 0.1) is 23.0 Å². The predicted molar refractivity (Wildman–Crippen MR) is 187 cm³/mol. The monoisotopic (exact) mass is 705 g/mol. The topological polar surface area (TPSA) is 153 Å². The fourth-order valence-electron chi connectivity index (χ4n) is 6.89. The Hall–Kier alpha value is -4.62. The number of aromatic amines is 1. The molecule has 0 spiro atoms. The molecule has 3 aromatic carbocycles. The molecule has 6 rings (SSSR count). The number of halogens is 2. The lowest BCUT2D eigenvalue weighted by atomic mass is 9.80. The number of carbonyl (C=O) groups is 1. The first kappa shape index (κ1) is 35.2. The number of aryl methyl sites for hydroxylation is 2. The maximum absolute atomic E-state index is 15.7. The minimum Gasteiger partial charge on any atom is -0.481 e. The molecule has 4 bridgehead atoms. The third-order valence-electron chi connectivity index (χ3n) is 9.53. The van der Waals surface area contributed by atoms with E-state index in [9.17, 15) is 18.3 Å². The number of benzene rings is 3. The molecule has 4 N–H and O–H groups in total. The van der Waals surface area contributed by atoms with E-state index in [2.05, 4.69) is 10.1 Å². The third kappa shape index (κ3) is 7.15. The Labute approximate surface area is 289 Å². The molecule has 1 aliphatic heterocycles. The van der Waals surface area contributed by atoms with Gasteiger partial charge < -0.3 is 20.6 Å². The van der Waals surface area contributed by atoms with Gasteiger partial charge in [0.25, 0.3) is 0 Å². The molecular formula is C37H41F2N5O5S. The second-order valence-corrected chi connectivity index (χ2v) is 16.4. The minimum atomic E-state index is -3.63. The molecule has 13 heteroatoms. The molecule has 0 saturated carbocycles. The van der Waals surface area contributed by atoms with Crippen LogP contribution in [0.5, 0.6) is 11.5 Å². The van der Waals surface area contributed by atoms with Gasteiger partial charge in [0.1, 0.15) is 17.1 Å². The molecule has 2 unspecified atom stereocenters. The number of carboxylic acids is 1. The maximum Gasteiger partial charge on any atom is 0.306 e. The van der Waals surface area contributed by atoms with Crippen molar-refractivity contribution in [2.45, 2.75) is 58.4 Å². The fourth-order valence-corrected chi connectivity index (χ4v) is 8.89. The molecule has 2 atom stereocenters. The Kier molecular flexibility index (Phi) is 9.33. The van der Waals surface area contributed by atoms with Gasteiger partial charge in [-0.15, -0.1) is 0 Å². The van der Waals surface area contributed by atoms with Crippen molar-refractivity contribution >= 4 is 26.7 Å². The van der Waals surface area contributed by atoms with Crippen molar-refractivity contribution in [1.82, 2.24) is 19.7 Å². The van der Waals surface area contributed by atoms with Gasteiger partial charge in [-0.2, -0.15) is 5.10 Å². The first-order valence-electron chi connectivity index (χ1n) is 16.5. The summed E-state index contributed by atoms with van der Waals surface area (Å²) in [6, 6.07) is 14.3. The number of nitrogens with zero attached hydrogens (tertiary/aromatic N) is 3. The molecule has 0 amide bonds. The summed E-state index contributed by atoms with van der Waals surface area (Å²) >= 11 is 0. The van der Waals surface area contributed by atoms with Crippen LogP contribution in [0, 0.1) is 23.0 Å². The van der Waals surface area contributed by atoms with Crippen LogP contribution in [0.15, 0.2) is 60.8 Å². The van der Waals surface area contributed by atoms with E-state index in [1.165, 1.54) is 28.9 Å². The van der Waals surface area contributed by atoms with Crippen LogP contribution in [-0.4, -0.2) is 50.7 Å². The van der Waals surface area contributed by atoms with E-state index in [4.69, 9.17) is 15.5 Å². The van der Waals surface area contributed by atoms with Crippen LogP contribution in [-0.2, 0) is 40.1 Å². The second-order valence-electron chi connectivity index (χ2n) is 14.2. The standard InChI is InChI=1S/C37H41F2N5O5S/c1-22(34(45)46)17-23-7-5-8-24(18-23)37(40)14-6-13-36(2,3)21-50(47,48)16-12-27-26-11-15-41-31(26)20-30(39)32(27)49-25-9-10-29(38)28(19-25)33-42-35(37)43-44(33)4/h5,7-11,15,18-20,22,41H,6,12-14,16-17,21,40H2,1-4H3,(H,45,46). The number of rotatable bonds is 4. The number of aromatic nitrogens is 4. The molecule has 0 saturated heterocycles. The largest absolute Gasteiger partial charge is 0.481 e. The van der Waals surface area contributed by atoms with Crippen molar-refractivity contribution in [1.29, 1.82) is 0 Å². The summed E-state index contributed by atoms with van der Waals surface area (Å²) in [6.45, 7) is 5.41. The van der Waals surface area contributed by atoms with Crippen LogP contribution in [0.4, 0.5) is 8.78 Å². The van der Waals surface area contributed by atoms with Crippen LogP contribution < -0.4 is 10.5 Å². The molecule has 50 heavy (non-hydrogen) atoms. The zero-order valence-electron chi connectivity index (χ0n) is 28.5. The van der Waals surface area contributed by atoms with Gasteiger partial charge in [-0.25, -0.2) is 26.9 Å². The Morgan fingerprint density at radius 2 is 1.90 bits per heavy atom. The molecule has 1 aliphatic rings. The molecule has 5 aromatic rings. The van der Waals surface area contributed by atoms with Crippen LogP contribution in [0.1, 0.15) is 62.5 Å². The highest BCUT2D eigenvalue weighted by Crippen LogP contribution is 2.39. The molecule has 3 heterocycles. The summed E-state index contributed by atoms with van der Waals surface area (Å²) in [5.41, 5.74) is 7.65. The van der Waals surface area contributed by atoms with Gasteiger partial charge in [0.2, 0.25) is 0 Å². The number of aliphatic carboxylic acids is 1. The zero-order chi connectivity index (χ0) is 36.0. The van der Waals surface area contributed by atoms with Crippen molar-refractivity contribution in [3.8, 4) is 22.9 Å². The Balaban J connectivity index is 1.50. The number of fused-ring (bicyclic) bond motifs is 8. The van der Waals surface area contributed by atoms with Gasteiger partial charge >= 0.3 is 5.97 Å². The lowest BCUT2D eigenvalue weighted by Gasteiger charge is -2.30. The van der Waals surface area contributed by atoms with E-state index in [-0.39, 0.29) is 53.1 Å². The number of nitrogens with two attached hydrogens (primary N) is 1. The fraction of sp³-hybridized carbons (Fsp3) is 0.378. The highest BCUT2D eigenvalue weighted by atomic mass is 32.2. The summed E-state index contributed by atoms with van der Waals surface area (Å²) in [5, 5.41) is 14.8. The molecule has 10 nitrogen and oxygen atoms in total. The van der Waals surface area contributed by atoms with E-state index < -0.39 is 44.3 Å². The van der Waals surface area contributed by atoms with Gasteiger partial charge in [-0.05, 0) is 66.5 Å². The number of hydrogen-bond acceptors (Lipinski definition) is 7. The number of H-pyrrole nitrogens is 1. The number of carboxylic acid groups (broad SMARTS) is 1. The quantitative estimate of drug-likeness (QED) is 0.188. The van der Waals surface area contributed by atoms with E-state index >= 15 is 8.78 Å². The number of ether oxygens (including phenoxy) is 1. The van der Waals surface area contributed by atoms with E-state index in [1.54, 1.807) is 32.3 Å². The van der Waals surface area contributed by atoms with Crippen LogP contribution >= 0.6 is 0 Å². The Bertz CT molecular complexity index is 2200. The minimum absolute atomic E-state index is 0.00328. The van der Waals surface area contributed by atoms with Crippen LogP contribution in [0.2, 0.25) is 0 Å². The SMILES string of the molecule is CC(Cc1cccc(C2(N)CCCC(C)(C)CS(=O)(=O)CCc3c(c(F)cc4[nH]ccc34)Oc3ccc(F)c(c3)-c3nc2nn3C)c1)C(=O)O. The summed E-state index contributed by atoms with van der Waals surface area (Å²) in [6.07, 6.45) is 3.25. The van der Waals surface area contributed by atoms with Crippen molar-refractivity contribution in [2.24, 2.45) is 24.1 Å². The first-order chi connectivity index (χ1) is 23.5. The van der Waals surface area contributed by atoms with Crippen molar-refractivity contribution < 1.29 is 31.8 Å². The molecular weight excluding hydrogens is 664 g/mol. The van der Waals surface area contributed by atoms with Crippen molar-refractivity contribution in [2.75, 3.05) is 11.5 Å². The van der Waals surface area contributed by atoms with E-state index in [1.807, 2.05) is 32.0 Å². The third-order valence-corrected chi connectivity index (χ3v) is 11.6. The first-order valence-corrected chi connectivity index (χ1v) is 18.4. The van der Waals surface area contributed by atoms with Gasteiger partial charge in [0.15, 0.2) is 33.1 Å². The predicted octanol–water partition coefficient (Wildman–Crippen LogP) is 6.67. The lowest BCUT2D eigenvalue weighted by Crippen LogP contribution is -2.40. The average molecular weight is 706 g/mol. The Morgan fingerprint density at radius 1 is 1.12 bits per heavy atom. The van der Waals surface area contributed by atoms with Crippen LogP contribution in [0.3, 0.4) is 0 Å². The summed E-state index contributed by atoms with van der Waals surface area (Å²) in [5.74, 6) is -2.83. The van der Waals surface area contributed by atoms with Gasteiger partial charge in [-0.3, -0.25) is 4.79 Å². The number of nitrogens with one attached hydrogen (secondary N) is 1. The Morgan fingerprint density at radius 3 is 2.66 bits per heavy atom. The normalized spacial score (nSPS) is 19.9. The second kappa shape index (κ2) is 13.3. The van der Waals surface area contributed by atoms with Gasteiger partial charge in [-0.1, -0.05) is 51.5 Å². The molecule has 264 valence electrons. The van der Waals surface area contributed by atoms with Gasteiger partial charge in [0, 0.05) is 35.8 Å². The molecule has 0 aliphatic carbocycles. The number of sulfone groups is 1. The van der Waals surface area contributed by atoms with E-state index in [0.717, 1.165) is 5.56 Å². The molecule has 0 radical (unpaired) electrons. The zero-order valence-corrected chi connectivity index (χ0v) is 29.3. The average Bonchev–Trinajstić information content (AvgIpc) is 3.67. The summed E-state index contributed by atoms with van der Waals surface area (Å²) in [7, 11) is -2.00. The maximum atomic E-state index is 15.7.